The van der Waals surface area contributed by atoms with Crippen molar-refractivity contribution >= 4 is 5.95 Å². The van der Waals surface area contributed by atoms with E-state index in [0.717, 1.165) is 32.0 Å². The highest BCUT2D eigenvalue weighted by atomic mass is 15.6. The number of nitrogens with one attached hydrogen (secondary N) is 2. The molecule has 1 aromatic rings. The maximum atomic E-state index is 4.01. The first-order chi connectivity index (χ1) is 6.45. The van der Waals surface area contributed by atoms with Gasteiger partial charge in [0.1, 0.15) is 0 Å². The van der Waals surface area contributed by atoms with E-state index in [-0.39, 0.29) is 0 Å². The Bertz CT molecular complexity index is 308. The SMILES string of the molecule is C1CC2C(CN1)CNc1nnnn12. The fraction of sp³-hybridized carbons (Fsp3) is 0.857. The van der Waals surface area contributed by atoms with Gasteiger partial charge in [0.05, 0.1) is 6.04 Å². The van der Waals surface area contributed by atoms with Crippen LogP contribution in [0.3, 0.4) is 0 Å². The molecule has 2 unspecified atom stereocenters. The van der Waals surface area contributed by atoms with Crippen LogP contribution in [0.1, 0.15) is 12.5 Å². The normalized spacial score (nSPS) is 31.7. The van der Waals surface area contributed by atoms with Crippen molar-refractivity contribution < 1.29 is 0 Å². The second-order valence-electron chi connectivity index (χ2n) is 3.65. The molecule has 13 heavy (non-hydrogen) atoms. The quantitative estimate of drug-likeness (QED) is 0.550. The van der Waals surface area contributed by atoms with E-state index in [0.29, 0.717) is 12.0 Å². The van der Waals surface area contributed by atoms with Crippen molar-refractivity contribution in [3.05, 3.63) is 0 Å². The average molecular weight is 180 g/mol. The van der Waals surface area contributed by atoms with Gasteiger partial charge < -0.3 is 10.6 Å². The molecule has 0 aromatic carbocycles. The summed E-state index contributed by atoms with van der Waals surface area (Å²) in [4.78, 5) is 0. The molecule has 0 aliphatic carbocycles. The lowest BCUT2D eigenvalue weighted by Gasteiger charge is -2.35. The summed E-state index contributed by atoms with van der Waals surface area (Å²) < 4.78 is 1.93. The van der Waals surface area contributed by atoms with Crippen molar-refractivity contribution in [1.29, 1.82) is 0 Å². The lowest BCUT2D eigenvalue weighted by molar-refractivity contribution is 0.234. The van der Waals surface area contributed by atoms with E-state index in [2.05, 4.69) is 26.2 Å². The lowest BCUT2D eigenvalue weighted by atomic mass is 9.92. The average Bonchev–Trinajstić information content (AvgIpc) is 2.65. The van der Waals surface area contributed by atoms with Crippen LogP contribution in [0.5, 0.6) is 0 Å². The molecule has 3 rings (SSSR count). The van der Waals surface area contributed by atoms with E-state index in [1.54, 1.807) is 0 Å². The van der Waals surface area contributed by atoms with Crippen LogP contribution < -0.4 is 10.6 Å². The number of anilines is 1. The number of nitrogens with zero attached hydrogens (tertiary/aromatic N) is 4. The Balaban J connectivity index is 1.97. The second-order valence-corrected chi connectivity index (χ2v) is 3.65. The lowest BCUT2D eigenvalue weighted by Crippen LogP contribution is -2.44. The first-order valence-electron chi connectivity index (χ1n) is 4.67. The Labute approximate surface area is 75.7 Å². The third-order valence-electron chi connectivity index (χ3n) is 2.90. The first kappa shape index (κ1) is 7.25. The van der Waals surface area contributed by atoms with Gasteiger partial charge in [-0.25, -0.2) is 4.68 Å². The largest absolute Gasteiger partial charge is 0.353 e. The summed E-state index contributed by atoms with van der Waals surface area (Å²) in [6.07, 6.45) is 1.13. The number of fused-ring (bicyclic) bond motifs is 3. The summed E-state index contributed by atoms with van der Waals surface area (Å²) in [6, 6.07) is 0.493. The number of piperidine rings is 1. The second kappa shape index (κ2) is 2.66. The maximum Gasteiger partial charge on any atom is 0.243 e. The summed E-state index contributed by atoms with van der Waals surface area (Å²) >= 11 is 0. The van der Waals surface area contributed by atoms with Crippen molar-refractivity contribution in [1.82, 2.24) is 25.5 Å². The Morgan fingerprint density at radius 1 is 1.38 bits per heavy atom. The molecule has 6 nitrogen and oxygen atoms in total. The first-order valence-corrected chi connectivity index (χ1v) is 4.67. The van der Waals surface area contributed by atoms with Crippen molar-refractivity contribution in [3.63, 3.8) is 0 Å². The number of hydrogen-bond donors (Lipinski definition) is 2. The number of aromatic nitrogens is 4. The third-order valence-corrected chi connectivity index (χ3v) is 2.90. The van der Waals surface area contributed by atoms with Crippen molar-refractivity contribution in [2.75, 3.05) is 25.0 Å². The highest BCUT2D eigenvalue weighted by Gasteiger charge is 2.32. The minimum atomic E-state index is 0.493. The minimum Gasteiger partial charge on any atom is -0.353 e. The summed E-state index contributed by atoms with van der Waals surface area (Å²) in [6.45, 7) is 3.12. The molecule has 0 bridgehead atoms. The Hall–Kier alpha value is -1.17. The van der Waals surface area contributed by atoms with E-state index < -0.39 is 0 Å². The smallest absolute Gasteiger partial charge is 0.243 e. The van der Waals surface area contributed by atoms with Gasteiger partial charge in [-0.3, -0.25) is 0 Å². The molecule has 1 fully saturated rings. The van der Waals surface area contributed by atoms with Crippen molar-refractivity contribution in [2.45, 2.75) is 12.5 Å². The predicted octanol–water partition coefficient (Wildman–Crippen LogP) is -0.751. The van der Waals surface area contributed by atoms with Gasteiger partial charge in [0.25, 0.3) is 0 Å². The molecule has 6 heteroatoms. The molecular formula is C7H12N6. The molecule has 0 saturated carbocycles. The van der Waals surface area contributed by atoms with Gasteiger partial charge >= 0.3 is 0 Å². The summed E-state index contributed by atoms with van der Waals surface area (Å²) in [5.74, 6) is 1.45. The molecule has 2 atom stereocenters. The van der Waals surface area contributed by atoms with Gasteiger partial charge in [-0.2, -0.15) is 0 Å². The third kappa shape index (κ3) is 1.02. The van der Waals surface area contributed by atoms with Crippen LogP contribution in [-0.2, 0) is 0 Å². The van der Waals surface area contributed by atoms with E-state index in [1.165, 1.54) is 0 Å². The molecular weight excluding hydrogens is 168 g/mol. The molecule has 70 valence electrons. The van der Waals surface area contributed by atoms with Gasteiger partial charge in [-0.15, -0.1) is 0 Å². The Kier molecular flexibility index (Phi) is 1.49. The number of hydrogen-bond acceptors (Lipinski definition) is 5. The summed E-state index contributed by atoms with van der Waals surface area (Å²) in [5.41, 5.74) is 0. The molecule has 0 amide bonds. The molecule has 3 heterocycles. The molecule has 2 N–H and O–H groups in total. The molecule has 0 radical (unpaired) electrons. The summed E-state index contributed by atoms with van der Waals surface area (Å²) in [5, 5.41) is 18.2. The zero-order valence-electron chi connectivity index (χ0n) is 7.27. The molecule has 1 aromatic heterocycles. The number of tetrazole rings is 1. The molecule has 1 saturated heterocycles. The van der Waals surface area contributed by atoms with E-state index in [4.69, 9.17) is 0 Å². The monoisotopic (exact) mass is 180 g/mol. The summed E-state index contributed by atoms with van der Waals surface area (Å²) in [7, 11) is 0. The van der Waals surface area contributed by atoms with Gasteiger partial charge in [0.2, 0.25) is 5.95 Å². The topological polar surface area (TPSA) is 67.7 Å². The fourth-order valence-corrected chi connectivity index (χ4v) is 2.20. The Morgan fingerprint density at radius 3 is 3.38 bits per heavy atom. The van der Waals surface area contributed by atoms with Gasteiger partial charge in [-0.05, 0) is 23.4 Å². The molecule has 2 aliphatic heterocycles. The van der Waals surface area contributed by atoms with Crippen LogP contribution in [0, 0.1) is 5.92 Å². The predicted molar refractivity (Wildman–Crippen MR) is 46.3 cm³/mol. The number of rotatable bonds is 0. The van der Waals surface area contributed by atoms with Crippen LogP contribution in [0.4, 0.5) is 5.95 Å². The van der Waals surface area contributed by atoms with E-state index in [9.17, 15) is 0 Å². The maximum absolute atomic E-state index is 4.01. The van der Waals surface area contributed by atoms with Crippen molar-refractivity contribution in [2.24, 2.45) is 5.92 Å². The van der Waals surface area contributed by atoms with Gasteiger partial charge in [-0.1, -0.05) is 5.10 Å². The van der Waals surface area contributed by atoms with Crippen molar-refractivity contribution in [3.8, 4) is 0 Å². The highest BCUT2D eigenvalue weighted by molar-refractivity contribution is 5.26. The molecule has 2 aliphatic rings. The van der Waals surface area contributed by atoms with Crippen LogP contribution >= 0.6 is 0 Å². The Morgan fingerprint density at radius 2 is 2.38 bits per heavy atom. The highest BCUT2D eigenvalue weighted by Crippen LogP contribution is 2.29. The van der Waals surface area contributed by atoms with Crippen LogP contribution in [0.25, 0.3) is 0 Å². The van der Waals surface area contributed by atoms with Crippen LogP contribution in [0.15, 0.2) is 0 Å². The van der Waals surface area contributed by atoms with Gasteiger partial charge in [0, 0.05) is 19.0 Å². The standard InChI is InChI=1S/C7H12N6/c1-2-8-3-5-4-9-7-10-11-12-13(7)6(1)5/h5-6,8H,1-4H2,(H,9,10,12). The fourth-order valence-electron chi connectivity index (χ4n) is 2.20. The minimum absolute atomic E-state index is 0.493. The zero-order chi connectivity index (χ0) is 8.67. The molecule has 0 spiro atoms. The van der Waals surface area contributed by atoms with Gasteiger partial charge in [0.15, 0.2) is 0 Å². The van der Waals surface area contributed by atoms with E-state index >= 15 is 0 Å². The zero-order valence-corrected chi connectivity index (χ0v) is 7.27. The van der Waals surface area contributed by atoms with Crippen LogP contribution in [-0.4, -0.2) is 39.8 Å². The van der Waals surface area contributed by atoms with E-state index in [1.807, 2.05) is 4.68 Å². The van der Waals surface area contributed by atoms with Crippen LogP contribution in [0.2, 0.25) is 0 Å².